The lowest BCUT2D eigenvalue weighted by Crippen LogP contribution is -2.37. The quantitative estimate of drug-likeness (QED) is 0.937. The summed E-state index contributed by atoms with van der Waals surface area (Å²) in [4.78, 5) is 25.0. The van der Waals surface area contributed by atoms with Crippen LogP contribution in [0.25, 0.3) is 5.69 Å². The van der Waals surface area contributed by atoms with Crippen LogP contribution >= 0.6 is 0 Å². The van der Waals surface area contributed by atoms with Gasteiger partial charge < -0.3 is 10.0 Å². The Morgan fingerprint density at radius 3 is 2.83 bits per heavy atom. The Labute approximate surface area is 132 Å². The zero-order chi connectivity index (χ0) is 16.4. The van der Waals surface area contributed by atoms with Crippen molar-refractivity contribution in [3.63, 3.8) is 0 Å². The van der Waals surface area contributed by atoms with Crippen molar-refractivity contribution in [1.82, 2.24) is 14.7 Å². The molecule has 2 heterocycles. The highest BCUT2D eigenvalue weighted by atomic mass is 19.1. The van der Waals surface area contributed by atoms with E-state index < -0.39 is 11.8 Å². The van der Waals surface area contributed by atoms with E-state index in [-0.39, 0.29) is 29.8 Å². The van der Waals surface area contributed by atoms with Gasteiger partial charge in [0.25, 0.3) is 5.91 Å². The molecule has 1 aliphatic rings. The Morgan fingerprint density at radius 2 is 2.09 bits per heavy atom. The number of carbonyl (C=O) groups is 2. The van der Waals surface area contributed by atoms with E-state index in [1.807, 2.05) is 0 Å². The number of carboxylic acids is 1. The van der Waals surface area contributed by atoms with Crippen molar-refractivity contribution in [3.05, 3.63) is 48.0 Å². The van der Waals surface area contributed by atoms with E-state index in [0.717, 1.165) is 6.42 Å². The summed E-state index contributed by atoms with van der Waals surface area (Å²) in [6.07, 6.45) is 2.90. The van der Waals surface area contributed by atoms with E-state index in [4.69, 9.17) is 5.11 Å². The first-order chi connectivity index (χ1) is 11.1. The molecule has 0 spiro atoms. The molecule has 1 atom stereocenters. The lowest BCUT2D eigenvalue weighted by atomic mass is 10.1. The van der Waals surface area contributed by atoms with Gasteiger partial charge in [0.05, 0.1) is 6.42 Å². The van der Waals surface area contributed by atoms with Gasteiger partial charge in [0.1, 0.15) is 11.5 Å². The van der Waals surface area contributed by atoms with Crippen LogP contribution in [0.15, 0.2) is 36.5 Å². The molecule has 0 radical (unpaired) electrons. The van der Waals surface area contributed by atoms with Crippen LogP contribution in [-0.2, 0) is 4.79 Å². The van der Waals surface area contributed by atoms with Crippen LogP contribution in [0, 0.1) is 5.82 Å². The minimum absolute atomic E-state index is 0.0697. The molecule has 3 rings (SSSR count). The van der Waals surface area contributed by atoms with Gasteiger partial charge >= 0.3 is 5.97 Å². The third kappa shape index (κ3) is 3.08. The maximum Gasteiger partial charge on any atom is 0.305 e. The molecule has 1 aromatic carbocycles. The number of carbonyl (C=O) groups excluding carboxylic acids is 1. The lowest BCUT2D eigenvalue weighted by Gasteiger charge is -2.22. The van der Waals surface area contributed by atoms with Gasteiger partial charge in [-0.1, -0.05) is 12.1 Å². The second-order valence-corrected chi connectivity index (χ2v) is 5.49. The molecule has 120 valence electrons. The molecule has 6 nitrogen and oxygen atoms in total. The second-order valence-electron chi connectivity index (χ2n) is 5.49. The zero-order valence-corrected chi connectivity index (χ0v) is 12.4. The summed E-state index contributed by atoms with van der Waals surface area (Å²) in [6.45, 7) is 0.517. The fourth-order valence-electron chi connectivity index (χ4n) is 2.87. The van der Waals surface area contributed by atoms with Crippen molar-refractivity contribution in [1.29, 1.82) is 0 Å². The van der Waals surface area contributed by atoms with Crippen LogP contribution in [0.5, 0.6) is 0 Å². The molecule has 1 aliphatic heterocycles. The normalized spacial score (nSPS) is 17.4. The Hall–Kier alpha value is -2.70. The van der Waals surface area contributed by atoms with Crippen molar-refractivity contribution < 1.29 is 19.1 Å². The standard InChI is InChI=1S/C16H16FN3O3/c17-12-5-1-2-6-14(12)20-9-7-13(18-20)16(23)19-8-3-4-11(19)10-15(21)22/h1-2,5-7,9,11H,3-4,8,10H2,(H,21,22). The van der Waals surface area contributed by atoms with Crippen molar-refractivity contribution in [2.24, 2.45) is 0 Å². The number of benzene rings is 1. The minimum Gasteiger partial charge on any atom is -0.481 e. The first-order valence-corrected chi connectivity index (χ1v) is 7.39. The van der Waals surface area contributed by atoms with Gasteiger partial charge in [-0.05, 0) is 31.0 Å². The van der Waals surface area contributed by atoms with Crippen LogP contribution < -0.4 is 0 Å². The van der Waals surface area contributed by atoms with Gasteiger partial charge in [0, 0.05) is 18.8 Å². The first-order valence-electron chi connectivity index (χ1n) is 7.39. The van der Waals surface area contributed by atoms with E-state index >= 15 is 0 Å². The maximum atomic E-state index is 13.8. The number of amides is 1. The predicted molar refractivity (Wildman–Crippen MR) is 79.8 cm³/mol. The van der Waals surface area contributed by atoms with Gasteiger partial charge in [-0.2, -0.15) is 5.10 Å². The molecular weight excluding hydrogens is 301 g/mol. The van der Waals surface area contributed by atoms with Gasteiger partial charge in [-0.25, -0.2) is 9.07 Å². The minimum atomic E-state index is -0.924. The lowest BCUT2D eigenvalue weighted by molar-refractivity contribution is -0.137. The summed E-state index contributed by atoms with van der Waals surface area (Å²) < 4.78 is 15.1. The first kappa shape index (κ1) is 15.2. The molecular formula is C16H16FN3O3. The van der Waals surface area contributed by atoms with E-state index in [2.05, 4.69) is 5.10 Å². The topological polar surface area (TPSA) is 75.4 Å². The summed E-state index contributed by atoms with van der Waals surface area (Å²) in [5.41, 5.74) is 0.445. The molecule has 1 fully saturated rings. The van der Waals surface area contributed by atoms with Gasteiger partial charge in [-0.15, -0.1) is 0 Å². The highest BCUT2D eigenvalue weighted by Gasteiger charge is 2.32. The number of rotatable bonds is 4. The molecule has 1 saturated heterocycles. The molecule has 1 amide bonds. The number of para-hydroxylation sites is 1. The van der Waals surface area contributed by atoms with Gasteiger partial charge in [-0.3, -0.25) is 9.59 Å². The number of likely N-dealkylation sites (tertiary alicyclic amines) is 1. The van der Waals surface area contributed by atoms with Crippen LogP contribution in [0.1, 0.15) is 29.8 Å². The third-order valence-corrected chi connectivity index (χ3v) is 3.96. The fourth-order valence-corrected chi connectivity index (χ4v) is 2.87. The summed E-state index contributed by atoms with van der Waals surface area (Å²) in [6, 6.07) is 7.37. The number of nitrogens with zero attached hydrogens (tertiary/aromatic N) is 3. The summed E-state index contributed by atoms with van der Waals surface area (Å²) in [7, 11) is 0. The number of carboxylic acid groups (broad SMARTS) is 1. The average molecular weight is 317 g/mol. The predicted octanol–water partition coefficient (Wildman–Crippen LogP) is 2.09. The fraction of sp³-hybridized carbons (Fsp3) is 0.312. The highest BCUT2D eigenvalue weighted by molar-refractivity contribution is 5.93. The van der Waals surface area contributed by atoms with E-state index in [0.29, 0.717) is 13.0 Å². The van der Waals surface area contributed by atoms with Gasteiger partial charge in [0.2, 0.25) is 0 Å². The van der Waals surface area contributed by atoms with Crippen molar-refractivity contribution in [2.75, 3.05) is 6.54 Å². The van der Waals surface area contributed by atoms with E-state index in [1.54, 1.807) is 23.1 Å². The molecule has 1 N–H and O–H groups in total. The zero-order valence-electron chi connectivity index (χ0n) is 12.4. The van der Waals surface area contributed by atoms with Gasteiger partial charge in [0.15, 0.2) is 5.69 Å². The monoisotopic (exact) mass is 317 g/mol. The summed E-state index contributed by atoms with van der Waals surface area (Å²) >= 11 is 0. The average Bonchev–Trinajstić information content (AvgIpc) is 3.16. The number of aliphatic carboxylic acids is 1. The molecule has 1 unspecified atom stereocenters. The van der Waals surface area contributed by atoms with Crippen LogP contribution in [-0.4, -0.2) is 44.3 Å². The Bertz CT molecular complexity index is 744. The number of aromatic nitrogens is 2. The molecule has 0 aliphatic carbocycles. The Balaban J connectivity index is 1.81. The maximum absolute atomic E-state index is 13.8. The highest BCUT2D eigenvalue weighted by Crippen LogP contribution is 2.22. The SMILES string of the molecule is O=C(O)CC1CCCN1C(=O)c1ccn(-c2ccccc2F)n1. The molecule has 0 bridgehead atoms. The van der Waals surface area contributed by atoms with E-state index in [9.17, 15) is 14.0 Å². The molecule has 1 aromatic heterocycles. The number of hydrogen-bond donors (Lipinski definition) is 1. The number of halogens is 1. The molecule has 0 saturated carbocycles. The van der Waals surface area contributed by atoms with Crippen molar-refractivity contribution >= 4 is 11.9 Å². The van der Waals surface area contributed by atoms with Crippen LogP contribution in [0.3, 0.4) is 0 Å². The van der Waals surface area contributed by atoms with Crippen LogP contribution in [0.2, 0.25) is 0 Å². The van der Waals surface area contributed by atoms with E-state index in [1.165, 1.54) is 23.0 Å². The number of hydrogen-bond acceptors (Lipinski definition) is 3. The third-order valence-electron chi connectivity index (χ3n) is 3.96. The summed E-state index contributed by atoms with van der Waals surface area (Å²) in [5.74, 6) is -1.67. The van der Waals surface area contributed by atoms with Crippen molar-refractivity contribution in [2.45, 2.75) is 25.3 Å². The molecule has 23 heavy (non-hydrogen) atoms. The molecule has 2 aromatic rings. The van der Waals surface area contributed by atoms with Crippen LogP contribution in [0.4, 0.5) is 4.39 Å². The Morgan fingerprint density at radius 1 is 1.30 bits per heavy atom. The smallest absolute Gasteiger partial charge is 0.305 e. The Kier molecular flexibility index (Phi) is 4.10. The molecule has 7 heteroatoms. The second kappa shape index (κ2) is 6.20. The summed E-state index contributed by atoms with van der Waals surface area (Å²) in [5, 5.41) is 13.1. The van der Waals surface area contributed by atoms with Crippen molar-refractivity contribution in [3.8, 4) is 5.69 Å². The largest absolute Gasteiger partial charge is 0.481 e.